The van der Waals surface area contributed by atoms with Gasteiger partial charge < -0.3 is 21.1 Å². The summed E-state index contributed by atoms with van der Waals surface area (Å²) in [7, 11) is 0. The lowest BCUT2D eigenvalue weighted by Gasteiger charge is -2.30. The van der Waals surface area contributed by atoms with Crippen LogP contribution in [0.2, 0.25) is 0 Å². The average molecular weight is 406 g/mol. The van der Waals surface area contributed by atoms with Gasteiger partial charge >= 0.3 is 12.0 Å². The molecular weight excluding hydrogens is 386 g/mol. The Hall–Kier alpha value is -2.59. The van der Waals surface area contributed by atoms with E-state index in [4.69, 9.17) is 10.5 Å². The zero-order valence-corrected chi connectivity index (χ0v) is 16.4. The molecule has 8 nitrogen and oxygen atoms in total. The largest absolute Gasteiger partial charge is 0.463 e. The van der Waals surface area contributed by atoms with Crippen LogP contribution in [-0.2, 0) is 9.53 Å². The lowest BCUT2D eigenvalue weighted by atomic mass is 9.92. The molecule has 1 aromatic heterocycles. The molecule has 1 aliphatic rings. The first-order valence-electron chi connectivity index (χ1n) is 8.24. The number of benzene rings is 1. The smallest absolute Gasteiger partial charge is 0.338 e. The number of nitrogens with two attached hydrogens (primary N) is 1. The van der Waals surface area contributed by atoms with Crippen LogP contribution in [0.15, 0.2) is 39.9 Å². The molecule has 0 radical (unpaired) electrons. The quantitative estimate of drug-likeness (QED) is 0.499. The Balaban J connectivity index is 1.99. The molecule has 27 heavy (non-hydrogen) atoms. The number of anilines is 1. The fraction of sp³-hybridized carbons (Fsp3) is 0.294. The molecule has 0 aliphatic carbocycles. The van der Waals surface area contributed by atoms with Crippen molar-refractivity contribution in [3.8, 4) is 0 Å². The number of nitrogens with zero attached hydrogens (tertiary/aromatic N) is 2. The molecule has 2 heterocycles. The molecule has 2 amide bonds. The number of hydrogen-bond acceptors (Lipinski definition) is 8. The molecule has 4 N–H and O–H groups in total. The summed E-state index contributed by atoms with van der Waals surface area (Å²) in [6.07, 6.45) is 0. The van der Waals surface area contributed by atoms with Gasteiger partial charge in [0, 0.05) is 11.4 Å². The Bertz CT molecular complexity index is 896. The molecule has 0 bridgehead atoms. The normalized spacial score (nSPS) is 16.7. The highest BCUT2D eigenvalue weighted by molar-refractivity contribution is 8.01. The van der Waals surface area contributed by atoms with Crippen LogP contribution >= 0.6 is 23.1 Å². The van der Waals surface area contributed by atoms with E-state index in [1.54, 1.807) is 6.92 Å². The number of carbonyl (C=O) groups excluding carboxylic acids is 2. The summed E-state index contributed by atoms with van der Waals surface area (Å²) >= 11 is 2.60. The Morgan fingerprint density at radius 2 is 2.15 bits per heavy atom. The third kappa shape index (κ3) is 4.40. The van der Waals surface area contributed by atoms with Crippen LogP contribution < -0.4 is 16.4 Å². The molecule has 1 atom stereocenters. The third-order valence-electron chi connectivity index (χ3n) is 3.91. The van der Waals surface area contributed by atoms with Crippen molar-refractivity contribution in [3.63, 3.8) is 0 Å². The molecular formula is C17H19N5O3S2. The highest BCUT2D eigenvalue weighted by atomic mass is 32.2. The van der Waals surface area contributed by atoms with E-state index < -0.39 is 12.0 Å². The van der Waals surface area contributed by atoms with Gasteiger partial charge in [0.1, 0.15) is 0 Å². The van der Waals surface area contributed by atoms with Gasteiger partial charge in [-0.2, -0.15) is 0 Å². The number of aromatic nitrogens is 2. The van der Waals surface area contributed by atoms with Gasteiger partial charge in [-0.15, -0.1) is 10.2 Å². The summed E-state index contributed by atoms with van der Waals surface area (Å²) in [6.45, 7) is 3.92. The first-order valence-corrected chi connectivity index (χ1v) is 10.0. The highest BCUT2D eigenvalue weighted by Crippen LogP contribution is 2.32. The van der Waals surface area contributed by atoms with E-state index in [9.17, 15) is 9.59 Å². The minimum atomic E-state index is -0.589. The molecule has 142 valence electrons. The maximum Gasteiger partial charge on any atom is 0.338 e. The Morgan fingerprint density at radius 1 is 1.37 bits per heavy atom. The predicted octanol–water partition coefficient (Wildman–Crippen LogP) is 2.39. The maximum absolute atomic E-state index is 12.7. The summed E-state index contributed by atoms with van der Waals surface area (Å²) < 4.78 is 5.91. The Morgan fingerprint density at radius 3 is 2.81 bits per heavy atom. The number of nitrogens with one attached hydrogen (secondary N) is 2. The molecule has 3 rings (SSSR count). The SMILES string of the molecule is CCOC(=O)C1=C(CSc2nnc(N)s2)NC(=O)N[C@H]1c1ccccc1C. The number of aryl methyl sites for hydroxylation is 1. The second-order valence-corrected chi connectivity index (χ2v) is 7.93. The molecule has 10 heteroatoms. The number of rotatable bonds is 6. The fourth-order valence-electron chi connectivity index (χ4n) is 2.74. The Kier molecular flexibility index (Phi) is 5.97. The minimum absolute atomic E-state index is 0.240. The van der Waals surface area contributed by atoms with Crippen LogP contribution in [0.1, 0.15) is 24.1 Å². The van der Waals surface area contributed by atoms with E-state index in [1.807, 2.05) is 31.2 Å². The van der Waals surface area contributed by atoms with Crippen molar-refractivity contribution < 1.29 is 14.3 Å². The number of urea groups is 1. The van der Waals surface area contributed by atoms with Gasteiger partial charge in [0.25, 0.3) is 0 Å². The van der Waals surface area contributed by atoms with Crippen molar-refractivity contribution in [2.24, 2.45) is 0 Å². The lowest BCUT2D eigenvalue weighted by Crippen LogP contribution is -2.46. The van der Waals surface area contributed by atoms with E-state index in [2.05, 4.69) is 20.8 Å². The molecule has 0 saturated heterocycles. The number of hydrogen-bond donors (Lipinski definition) is 3. The topological polar surface area (TPSA) is 119 Å². The lowest BCUT2D eigenvalue weighted by molar-refractivity contribution is -0.139. The Labute approximate surface area is 164 Å². The van der Waals surface area contributed by atoms with Gasteiger partial charge in [0.15, 0.2) is 4.34 Å². The van der Waals surface area contributed by atoms with Crippen molar-refractivity contribution in [2.45, 2.75) is 24.2 Å². The van der Waals surface area contributed by atoms with Gasteiger partial charge in [-0.25, -0.2) is 9.59 Å². The fourth-order valence-corrected chi connectivity index (χ4v) is 4.34. The number of thioether (sulfide) groups is 1. The summed E-state index contributed by atoms with van der Waals surface area (Å²) in [5.74, 6) is -0.135. The predicted molar refractivity (Wildman–Crippen MR) is 104 cm³/mol. The van der Waals surface area contributed by atoms with E-state index in [0.29, 0.717) is 26.5 Å². The van der Waals surface area contributed by atoms with Gasteiger partial charge in [-0.05, 0) is 25.0 Å². The number of esters is 1. The molecule has 1 aliphatic heterocycles. The van der Waals surface area contributed by atoms with Crippen molar-refractivity contribution in [2.75, 3.05) is 18.1 Å². The molecule has 0 unspecified atom stereocenters. The zero-order chi connectivity index (χ0) is 19.4. The van der Waals surface area contributed by atoms with Crippen molar-refractivity contribution in [1.82, 2.24) is 20.8 Å². The number of carbonyl (C=O) groups is 2. The number of amides is 2. The van der Waals surface area contributed by atoms with Crippen LogP contribution in [0.4, 0.5) is 9.93 Å². The van der Waals surface area contributed by atoms with E-state index >= 15 is 0 Å². The van der Waals surface area contributed by atoms with Crippen LogP contribution in [0, 0.1) is 6.92 Å². The minimum Gasteiger partial charge on any atom is -0.463 e. The third-order valence-corrected chi connectivity index (χ3v) is 5.82. The number of ether oxygens (including phenoxy) is 1. The van der Waals surface area contributed by atoms with Crippen LogP contribution in [0.3, 0.4) is 0 Å². The monoisotopic (exact) mass is 405 g/mol. The molecule has 0 fully saturated rings. The second kappa shape index (κ2) is 8.40. The summed E-state index contributed by atoms with van der Waals surface area (Å²) in [4.78, 5) is 24.9. The second-order valence-electron chi connectivity index (χ2n) is 5.70. The van der Waals surface area contributed by atoms with Crippen molar-refractivity contribution in [3.05, 3.63) is 46.7 Å². The van der Waals surface area contributed by atoms with Crippen LogP contribution in [0.25, 0.3) is 0 Å². The molecule has 0 spiro atoms. The van der Waals surface area contributed by atoms with E-state index in [0.717, 1.165) is 11.1 Å². The van der Waals surface area contributed by atoms with Crippen LogP contribution in [0.5, 0.6) is 0 Å². The summed E-state index contributed by atoms with van der Waals surface area (Å²) in [5, 5.41) is 13.7. The first-order chi connectivity index (χ1) is 13.0. The standard InChI is InChI=1S/C17H19N5O3S2/c1-3-25-14(23)12-11(8-26-17-22-21-15(18)27-17)19-16(24)20-13(12)10-7-5-4-6-9(10)2/h4-7,13H,3,8H2,1-2H3,(H2,18,21)(H2,19,20,24)/t13-/m0/s1. The van der Waals surface area contributed by atoms with Gasteiger partial charge in [0.2, 0.25) is 5.13 Å². The summed E-state index contributed by atoms with van der Waals surface area (Å²) in [5.41, 5.74) is 8.29. The van der Waals surface area contributed by atoms with Crippen LogP contribution in [-0.4, -0.2) is 34.6 Å². The van der Waals surface area contributed by atoms with Gasteiger partial charge in [-0.1, -0.05) is 47.4 Å². The zero-order valence-electron chi connectivity index (χ0n) is 14.8. The molecule has 2 aromatic rings. The highest BCUT2D eigenvalue weighted by Gasteiger charge is 2.34. The average Bonchev–Trinajstić information content (AvgIpc) is 3.05. The number of nitrogen functional groups attached to an aromatic ring is 1. The molecule has 1 aromatic carbocycles. The first kappa shape index (κ1) is 19.2. The van der Waals surface area contributed by atoms with Crippen molar-refractivity contribution in [1.29, 1.82) is 0 Å². The molecule has 0 saturated carbocycles. The van der Waals surface area contributed by atoms with Gasteiger partial charge in [0.05, 0.1) is 18.2 Å². The van der Waals surface area contributed by atoms with E-state index in [1.165, 1.54) is 23.1 Å². The summed E-state index contributed by atoms with van der Waals surface area (Å²) in [6, 6.07) is 6.65. The van der Waals surface area contributed by atoms with Gasteiger partial charge in [-0.3, -0.25) is 0 Å². The van der Waals surface area contributed by atoms with Crippen molar-refractivity contribution >= 4 is 40.2 Å². The maximum atomic E-state index is 12.7. The van der Waals surface area contributed by atoms with E-state index in [-0.39, 0.29) is 12.6 Å².